The minimum atomic E-state index is -1.66. The molecule has 0 aliphatic heterocycles. The number of amides is 2. The van der Waals surface area contributed by atoms with Crippen molar-refractivity contribution in [3.8, 4) is 17.5 Å². The van der Waals surface area contributed by atoms with Crippen molar-refractivity contribution >= 4 is 23.2 Å². The van der Waals surface area contributed by atoms with Crippen LogP contribution in [0.3, 0.4) is 0 Å². The number of alkyl carbamates (subject to hydrolysis) is 1. The lowest BCUT2D eigenvalue weighted by molar-refractivity contribution is -0.00177. The topological polar surface area (TPSA) is 154 Å². The van der Waals surface area contributed by atoms with Gasteiger partial charge in [-0.3, -0.25) is 9.78 Å². The Balaban J connectivity index is 1.59. The molecule has 3 heterocycles. The van der Waals surface area contributed by atoms with Crippen molar-refractivity contribution in [1.82, 2.24) is 25.2 Å². The molecule has 1 aliphatic carbocycles. The van der Waals surface area contributed by atoms with E-state index in [0.717, 1.165) is 0 Å². The van der Waals surface area contributed by atoms with Gasteiger partial charge in [-0.25, -0.2) is 13.7 Å². The average Bonchev–Trinajstić information content (AvgIpc) is 3.28. The van der Waals surface area contributed by atoms with Crippen LogP contribution in [0.1, 0.15) is 42.6 Å². The fraction of sp³-hybridized carbons (Fsp3) is 0.400. The maximum Gasteiger partial charge on any atom is 0.407 e. The second-order valence-electron chi connectivity index (χ2n) is 9.45. The van der Waals surface area contributed by atoms with Gasteiger partial charge in [0.2, 0.25) is 0 Å². The summed E-state index contributed by atoms with van der Waals surface area (Å²) in [4.78, 5) is 28.8. The molecular formula is C25H28FN7O4. The molecule has 2 amide bonds. The molecule has 3 aromatic rings. The normalized spacial score (nSPS) is 17.8. The Bertz CT molecular complexity index is 1360. The molecule has 1 atom stereocenters. The zero-order chi connectivity index (χ0) is 26.7. The number of hydrogen-bond acceptors (Lipinski definition) is 8. The number of anilines is 1. The van der Waals surface area contributed by atoms with Crippen LogP contribution in [0.2, 0.25) is 0 Å². The van der Waals surface area contributed by atoms with Crippen molar-refractivity contribution in [2.75, 3.05) is 18.9 Å². The molecule has 0 aromatic carbocycles. The van der Waals surface area contributed by atoms with E-state index in [1.54, 1.807) is 16.6 Å². The predicted octanol–water partition coefficient (Wildman–Crippen LogP) is 2.41. The third-order valence-electron chi connectivity index (χ3n) is 6.18. The molecule has 194 valence electrons. The van der Waals surface area contributed by atoms with Crippen molar-refractivity contribution in [2.45, 2.75) is 50.6 Å². The largest absolute Gasteiger partial charge is 0.446 e. The molecular weight excluding hydrogens is 481 g/mol. The molecule has 4 N–H and O–H groups in total. The number of fused-ring (bicyclic) bond motifs is 1. The van der Waals surface area contributed by atoms with Gasteiger partial charge in [0.05, 0.1) is 52.1 Å². The summed E-state index contributed by atoms with van der Waals surface area (Å²) in [6.07, 6.45) is 1.52. The van der Waals surface area contributed by atoms with Crippen molar-refractivity contribution in [1.29, 1.82) is 5.26 Å². The standard InChI is InChI=1S/C25H28FN7O4/c1-25(2,36)22(26)13-30-23(34)18-12-29-20(21-5-4-16-6-14(10-27)11-31-33(16)21)9-19(18)32-15-7-17(8-15)37-24(35)28-3/h4-6,9,11-12,15,17,22,36H,7-8,13H2,1-3H3,(H,28,35)(H,29,32)(H,30,34)/t15?,17?,22-/m1/s1. The second-order valence-corrected chi connectivity index (χ2v) is 9.45. The molecule has 12 heteroatoms. The highest BCUT2D eigenvalue weighted by molar-refractivity contribution is 6.00. The summed E-state index contributed by atoms with van der Waals surface area (Å²) in [5.41, 5.74) is 1.37. The van der Waals surface area contributed by atoms with E-state index >= 15 is 0 Å². The number of aliphatic hydroxyl groups is 1. The summed E-state index contributed by atoms with van der Waals surface area (Å²) in [5.74, 6) is -0.553. The number of pyridine rings is 1. The van der Waals surface area contributed by atoms with Gasteiger partial charge in [0, 0.05) is 32.1 Å². The Hall–Kier alpha value is -4.24. The number of nitrogens with zero attached hydrogens (tertiary/aromatic N) is 4. The summed E-state index contributed by atoms with van der Waals surface area (Å²) in [7, 11) is 1.49. The van der Waals surface area contributed by atoms with E-state index in [4.69, 9.17) is 10.00 Å². The number of ether oxygens (including phenoxy) is 1. The summed E-state index contributed by atoms with van der Waals surface area (Å²) in [6.45, 7) is 2.29. The smallest absolute Gasteiger partial charge is 0.407 e. The third kappa shape index (κ3) is 5.78. The van der Waals surface area contributed by atoms with Crippen LogP contribution in [0.25, 0.3) is 16.9 Å². The molecule has 4 rings (SSSR count). The first-order valence-corrected chi connectivity index (χ1v) is 11.8. The molecule has 1 saturated carbocycles. The summed E-state index contributed by atoms with van der Waals surface area (Å²) in [5, 5.41) is 31.5. The second kappa shape index (κ2) is 10.4. The quantitative estimate of drug-likeness (QED) is 0.361. The first-order valence-electron chi connectivity index (χ1n) is 11.8. The number of nitrogens with one attached hydrogen (secondary N) is 3. The van der Waals surface area contributed by atoms with E-state index in [0.29, 0.717) is 41.0 Å². The number of carbonyl (C=O) groups is 2. The van der Waals surface area contributed by atoms with Gasteiger partial charge in [-0.15, -0.1) is 0 Å². The van der Waals surface area contributed by atoms with Crippen molar-refractivity contribution in [3.05, 3.63) is 47.8 Å². The van der Waals surface area contributed by atoms with E-state index in [-0.39, 0.29) is 24.3 Å². The zero-order valence-corrected chi connectivity index (χ0v) is 20.7. The van der Waals surface area contributed by atoms with Gasteiger partial charge in [-0.1, -0.05) is 0 Å². The molecule has 11 nitrogen and oxygen atoms in total. The lowest BCUT2D eigenvalue weighted by Gasteiger charge is -2.36. The Morgan fingerprint density at radius 2 is 2.08 bits per heavy atom. The predicted molar refractivity (Wildman–Crippen MR) is 133 cm³/mol. The van der Waals surface area contributed by atoms with Crippen LogP contribution >= 0.6 is 0 Å². The summed E-state index contributed by atoms with van der Waals surface area (Å²) < 4.78 is 21.1. The van der Waals surface area contributed by atoms with Crippen LogP contribution in [0, 0.1) is 11.3 Å². The molecule has 0 spiro atoms. The van der Waals surface area contributed by atoms with E-state index in [1.807, 2.05) is 12.1 Å². The molecule has 1 fully saturated rings. The van der Waals surface area contributed by atoms with Gasteiger partial charge in [0.1, 0.15) is 18.3 Å². The molecule has 0 bridgehead atoms. The molecule has 0 saturated heterocycles. The Morgan fingerprint density at radius 3 is 2.76 bits per heavy atom. The number of rotatable bonds is 8. The maximum absolute atomic E-state index is 14.2. The van der Waals surface area contributed by atoms with Gasteiger partial charge in [-0.2, -0.15) is 10.4 Å². The van der Waals surface area contributed by atoms with Crippen LogP contribution < -0.4 is 16.0 Å². The number of aromatic nitrogens is 3. The highest BCUT2D eigenvalue weighted by Crippen LogP contribution is 2.31. The lowest BCUT2D eigenvalue weighted by Crippen LogP contribution is -2.44. The Morgan fingerprint density at radius 1 is 1.32 bits per heavy atom. The minimum absolute atomic E-state index is 0.0675. The number of hydrogen-bond donors (Lipinski definition) is 4. The number of halogens is 1. The van der Waals surface area contributed by atoms with Crippen LogP contribution in [-0.2, 0) is 4.74 Å². The molecule has 3 aromatic heterocycles. The van der Waals surface area contributed by atoms with Crippen LogP contribution in [0.4, 0.5) is 14.9 Å². The van der Waals surface area contributed by atoms with Gasteiger partial charge >= 0.3 is 6.09 Å². The number of carbonyl (C=O) groups excluding carboxylic acids is 2. The van der Waals surface area contributed by atoms with E-state index in [1.165, 1.54) is 33.3 Å². The molecule has 0 radical (unpaired) electrons. The van der Waals surface area contributed by atoms with Crippen molar-refractivity contribution in [2.24, 2.45) is 0 Å². The van der Waals surface area contributed by atoms with Crippen molar-refractivity contribution < 1.29 is 23.8 Å². The van der Waals surface area contributed by atoms with Gasteiger partial charge in [0.25, 0.3) is 5.91 Å². The molecule has 37 heavy (non-hydrogen) atoms. The van der Waals surface area contributed by atoms with E-state index in [9.17, 15) is 19.1 Å². The Kier molecular flexibility index (Phi) is 7.26. The first kappa shape index (κ1) is 25.8. The fourth-order valence-corrected chi connectivity index (χ4v) is 3.89. The fourth-order valence-electron chi connectivity index (χ4n) is 3.89. The van der Waals surface area contributed by atoms with Gasteiger partial charge in [-0.05, 0) is 38.1 Å². The summed E-state index contributed by atoms with van der Waals surface area (Å²) >= 11 is 0. The monoisotopic (exact) mass is 509 g/mol. The highest BCUT2D eigenvalue weighted by atomic mass is 19.1. The first-order chi connectivity index (χ1) is 17.6. The molecule has 1 aliphatic rings. The highest BCUT2D eigenvalue weighted by Gasteiger charge is 2.33. The SMILES string of the molecule is CNC(=O)OC1CC(Nc2cc(-c3ccc4cc(C#N)cnn34)ncc2C(=O)NC[C@@H](F)C(C)(C)O)C1. The average molecular weight is 510 g/mol. The van der Waals surface area contributed by atoms with Crippen LogP contribution in [0.15, 0.2) is 36.7 Å². The lowest BCUT2D eigenvalue weighted by atomic mass is 9.89. The van der Waals surface area contributed by atoms with Crippen molar-refractivity contribution in [3.63, 3.8) is 0 Å². The van der Waals surface area contributed by atoms with E-state index < -0.39 is 23.8 Å². The van der Waals surface area contributed by atoms with Gasteiger partial charge in [0.15, 0.2) is 0 Å². The van der Waals surface area contributed by atoms with E-state index in [2.05, 4.69) is 32.1 Å². The maximum atomic E-state index is 14.2. The third-order valence-corrected chi connectivity index (χ3v) is 6.18. The number of nitriles is 1. The van der Waals surface area contributed by atoms with Crippen LogP contribution in [-0.4, -0.2) is 69.2 Å². The summed E-state index contributed by atoms with van der Waals surface area (Å²) in [6, 6.07) is 9.01. The minimum Gasteiger partial charge on any atom is -0.446 e. The van der Waals surface area contributed by atoms with Crippen LogP contribution in [0.5, 0.6) is 0 Å². The van der Waals surface area contributed by atoms with Gasteiger partial charge < -0.3 is 25.8 Å². The zero-order valence-electron chi connectivity index (χ0n) is 20.7. The Labute approximate surface area is 212 Å². The number of alkyl halides is 1. The molecule has 0 unspecified atom stereocenters.